The lowest BCUT2D eigenvalue weighted by Gasteiger charge is -2.53. The number of hydrogen-bond donors (Lipinski definition) is 0. The van der Waals surface area contributed by atoms with E-state index in [1.54, 1.807) is 4.90 Å². The molecular formula is C18H21NO4. The number of fused-ring (bicyclic) bond motifs is 1. The third kappa shape index (κ3) is 1.98. The average molecular weight is 315 g/mol. The Morgan fingerprint density at radius 2 is 2.09 bits per heavy atom. The second-order valence-electron chi connectivity index (χ2n) is 7.80. The number of hydrogen-bond acceptors (Lipinski definition) is 4. The van der Waals surface area contributed by atoms with Crippen molar-refractivity contribution in [2.75, 3.05) is 13.1 Å². The summed E-state index contributed by atoms with van der Waals surface area (Å²) in [6, 6.07) is 7.70. The Kier molecular flexibility index (Phi) is 2.84. The van der Waals surface area contributed by atoms with Gasteiger partial charge in [0.05, 0.1) is 5.92 Å². The molecule has 3 atom stereocenters. The number of benzene rings is 1. The first kappa shape index (κ1) is 14.5. The summed E-state index contributed by atoms with van der Waals surface area (Å²) >= 11 is 0. The van der Waals surface area contributed by atoms with E-state index in [0.29, 0.717) is 24.8 Å². The van der Waals surface area contributed by atoms with Gasteiger partial charge >= 0.3 is 12.1 Å². The predicted molar refractivity (Wildman–Crippen MR) is 83.2 cm³/mol. The number of amides is 1. The van der Waals surface area contributed by atoms with Crippen LogP contribution in [-0.2, 0) is 14.9 Å². The first-order valence-corrected chi connectivity index (χ1v) is 8.10. The van der Waals surface area contributed by atoms with Crippen molar-refractivity contribution >= 4 is 12.1 Å². The van der Waals surface area contributed by atoms with E-state index in [-0.39, 0.29) is 23.4 Å². The molecule has 0 radical (unpaired) electrons. The molecule has 4 rings (SSSR count). The molecule has 122 valence electrons. The van der Waals surface area contributed by atoms with Crippen LogP contribution in [0.4, 0.5) is 4.79 Å². The molecule has 1 spiro atoms. The normalized spacial score (nSPS) is 31.4. The van der Waals surface area contributed by atoms with Crippen LogP contribution in [0.1, 0.15) is 32.8 Å². The molecule has 0 aromatic heterocycles. The maximum atomic E-state index is 12.4. The minimum Gasteiger partial charge on any atom is -0.444 e. The number of para-hydroxylation sites is 1. The molecule has 2 fully saturated rings. The molecule has 0 N–H and O–H groups in total. The third-order valence-corrected chi connectivity index (χ3v) is 5.30. The Labute approximate surface area is 135 Å². The summed E-state index contributed by atoms with van der Waals surface area (Å²) in [5.74, 6) is 0.638. The average Bonchev–Trinajstić information content (AvgIpc) is 2.70. The molecule has 1 aromatic carbocycles. The summed E-state index contributed by atoms with van der Waals surface area (Å²) in [6.07, 6.45) is 0.489. The van der Waals surface area contributed by atoms with Crippen LogP contribution in [0.25, 0.3) is 0 Å². The van der Waals surface area contributed by atoms with Gasteiger partial charge < -0.3 is 14.4 Å². The highest BCUT2D eigenvalue weighted by molar-refractivity contribution is 5.83. The SMILES string of the molecule is CC(C)(C)OC(=O)N1C[C@H]2C[C@@H]3C(=O)Oc4ccccc4[C@]23C1. The number of rotatable bonds is 0. The van der Waals surface area contributed by atoms with Gasteiger partial charge in [-0.3, -0.25) is 4.79 Å². The summed E-state index contributed by atoms with van der Waals surface area (Å²) in [5.41, 5.74) is 0.258. The summed E-state index contributed by atoms with van der Waals surface area (Å²) < 4.78 is 11.0. The molecule has 2 aliphatic heterocycles. The van der Waals surface area contributed by atoms with Gasteiger partial charge in [-0.2, -0.15) is 0 Å². The van der Waals surface area contributed by atoms with Gasteiger partial charge in [0.2, 0.25) is 0 Å². The monoisotopic (exact) mass is 315 g/mol. The fraction of sp³-hybridized carbons (Fsp3) is 0.556. The van der Waals surface area contributed by atoms with Crippen LogP contribution in [-0.4, -0.2) is 35.7 Å². The van der Waals surface area contributed by atoms with E-state index >= 15 is 0 Å². The van der Waals surface area contributed by atoms with Gasteiger partial charge in [0, 0.05) is 24.1 Å². The highest BCUT2D eigenvalue weighted by Crippen LogP contribution is 2.61. The number of carbonyl (C=O) groups is 2. The van der Waals surface area contributed by atoms with Crippen molar-refractivity contribution in [3.8, 4) is 5.75 Å². The molecule has 3 aliphatic rings. The van der Waals surface area contributed by atoms with E-state index in [1.807, 2.05) is 45.0 Å². The fourth-order valence-electron chi connectivity index (χ4n) is 4.34. The lowest BCUT2D eigenvalue weighted by molar-refractivity contribution is -0.152. The van der Waals surface area contributed by atoms with Crippen LogP contribution in [0, 0.1) is 11.8 Å². The molecule has 5 nitrogen and oxygen atoms in total. The Hall–Kier alpha value is -2.04. The second-order valence-corrected chi connectivity index (χ2v) is 7.80. The van der Waals surface area contributed by atoms with Crippen molar-refractivity contribution in [3.05, 3.63) is 29.8 Å². The van der Waals surface area contributed by atoms with Gasteiger partial charge in [-0.25, -0.2) is 4.79 Å². The fourth-order valence-corrected chi connectivity index (χ4v) is 4.34. The minimum atomic E-state index is -0.515. The van der Waals surface area contributed by atoms with Gasteiger partial charge in [-0.05, 0) is 39.2 Å². The minimum absolute atomic E-state index is 0.144. The quantitative estimate of drug-likeness (QED) is 0.546. The van der Waals surface area contributed by atoms with Crippen molar-refractivity contribution in [1.82, 2.24) is 4.90 Å². The largest absolute Gasteiger partial charge is 0.444 e. The van der Waals surface area contributed by atoms with Crippen molar-refractivity contribution < 1.29 is 19.1 Å². The van der Waals surface area contributed by atoms with Crippen molar-refractivity contribution in [3.63, 3.8) is 0 Å². The molecule has 0 unspecified atom stereocenters. The topological polar surface area (TPSA) is 55.8 Å². The molecular weight excluding hydrogens is 294 g/mol. The van der Waals surface area contributed by atoms with E-state index < -0.39 is 5.60 Å². The maximum Gasteiger partial charge on any atom is 0.410 e. The Morgan fingerprint density at radius 1 is 1.35 bits per heavy atom. The zero-order valence-corrected chi connectivity index (χ0v) is 13.7. The van der Waals surface area contributed by atoms with Crippen LogP contribution >= 0.6 is 0 Å². The molecule has 1 aliphatic carbocycles. The number of likely N-dealkylation sites (tertiary alicyclic amines) is 1. The van der Waals surface area contributed by atoms with Crippen LogP contribution in [0.2, 0.25) is 0 Å². The Morgan fingerprint density at radius 3 is 2.83 bits per heavy atom. The third-order valence-electron chi connectivity index (χ3n) is 5.30. The standard InChI is InChI=1S/C18H21NO4/c1-17(2,3)23-16(21)19-9-11-8-13-15(20)22-14-7-5-4-6-12(14)18(11,13)10-19/h4-7,11,13H,8-10H2,1-3H3/t11-,13-,18+/m1/s1. The second kappa shape index (κ2) is 4.49. The van der Waals surface area contributed by atoms with Gasteiger partial charge in [-0.15, -0.1) is 0 Å². The maximum absolute atomic E-state index is 12.4. The first-order valence-electron chi connectivity index (χ1n) is 8.10. The van der Waals surface area contributed by atoms with E-state index in [0.717, 1.165) is 12.0 Å². The highest BCUT2D eigenvalue weighted by Gasteiger charge is 2.67. The molecule has 1 saturated carbocycles. The zero-order chi connectivity index (χ0) is 16.4. The molecule has 1 aromatic rings. The molecule has 2 heterocycles. The first-order chi connectivity index (χ1) is 10.8. The van der Waals surface area contributed by atoms with Crippen LogP contribution in [0.3, 0.4) is 0 Å². The lowest BCUT2D eigenvalue weighted by atomic mass is 9.50. The number of nitrogens with zero attached hydrogens (tertiary/aromatic N) is 1. The summed E-state index contributed by atoms with van der Waals surface area (Å²) in [7, 11) is 0. The smallest absolute Gasteiger partial charge is 0.410 e. The van der Waals surface area contributed by atoms with E-state index in [1.165, 1.54) is 0 Å². The molecule has 0 bridgehead atoms. The van der Waals surface area contributed by atoms with Crippen LogP contribution < -0.4 is 4.74 Å². The van der Waals surface area contributed by atoms with Crippen LogP contribution in [0.5, 0.6) is 5.75 Å². The van der Waals surface area contributed by atoms with Gasteiger partial charge in [0.25, 0.3) is 0 Å². The van der Waals surface area contributed by atoms with Crippen molar-refractivity contribution in [1.29, 1.82) is 0 Å². The van der Waals surface area contributed by atoms with Crippen LogP contribution in [0.15, 0.2) is 24.3 Å². The molecule has 5 heteroatoms. The summed E-state index contributed by atoms with van der Waals surface area (Å²) in [5, 5.41) is 0. The molecule has 23 heavy (non-hydrogen) atoms. The summed E-state index contributed by atoms with van der Waals surface area (Å²) in [4.78, 5) is 26.5. The molecule has 1 saturated heterocycles. The van der Waals surface area contributed by atoms with E-state index in [4.69, 9.17) is 9.47 Å². The Balaban J connectivity index is 1.67. The number of carbonyl (C=O) groups excluding carboxylic acids is 2. The van der Waals surface area contributed by atoms with Gasteiger partial charge in [-0.1, -0.05) is 18.2 Å². The predicted octanol–water partition coefficient (Wildman–Crippen LogP) is 2.73. The summed E-state index contributed by atoms with van der Waals surface area (Å²) in [6.45, 7) is 6.77. The van der Waals surface area contributed by atoms with E-state index in [9.17, 15) is 9.59 Å². The number of esters is 1. The lowest BCUT2D eigenvalue weighted by Crippen LogP contribution is -2.59. The van der Waals surface area contributed by atoms with E-state index in [2.05, 4.69) is 0 Å². The highest BCUT2D eigenvalue weighted by atomic mass is 16.6. The number of ether oxygens (including phenoxy) is 2. The van der Waals surface area contributed by atoms with Crippen molar-refractivity contribution in [2.24, 2.45) is 11.8 Å². The van der Waals surface area contributed by atoms with Gasteiger partial charge in [0.15, 0.2) is 0 Å². The van der Waals surface area contributed by atoms with Crippen molar-refractivity contribution in [2.45, 2.75) is 38.2 Å². The molecule has 1 amide bonds. The van der Waals surface area contributed by atoms with Gasteiger partial charge in [0.1, 0.15) is 11.4 Å². The zero-order valence-electron chi connectivity index (χ0n) is 13.7. The Bertz CT molecular complexity index is 693.